The minimum atomic E-state index is 0.684. The van der Waals surface area contributed by atoms with Crippen molar-refractivity contribution in [3.63, 3.8) is 0 Å². The van der Waals surface area contributed by atoms with E-state index in [0.717, 1.165) is 0 Å². The zero-order valence-electron chi connectivity index (χ0n) is 9.22. The molecule has 0 unspecified atom stereocenters. The molecule has 0 amide bonds. The van der Waals surface area contributed by atoms with E-state index in [1.54, 1.807) is 20.2 Å². The van der Waals surface area contributed by atoms with Crippen LogP contribution < -0.4 is 0 Å². The zero-order chi connectivity index (χ0) is 10.9. The van der Waals surface area contributed by atoms with Gasteiger partial charge < -0.3 is 0 Å². The van der Waals surface area contributed by atoms with Crippen molar-refractivity contribution >= 4 is 9.12 Å². The predicted octanol–water partition coefficient (Wildman–Crippen LogP) is 4.39. The fraction of sp³-hybridized carbons (Fsp3) is 0.500. The Hall–Kier alpha value is -0.680. The van der Waals surface area contributed by atoms with Crippen molar-refractivity contribution in [3.05, 3.63) is 23.3 Å². The van der Waals surface area contributed by atoms with E-state index in [1.165, 1.54) is 11.1 Å². The second kappa shape index (κ2) is 4.23. The molecule has 0 aromatic rings. The first-order chi connectivity index (χ1) is 6.61. The number of fused-ring (bicyclic) bond motifs is 1. The van der Waals surface area contributed by atoms with Crippen LogP contribution >= 0.6 is 9.12 Å². The molecular formula is C12H17OP. The van der Waals surface area contributed by atoms with Crippen LogP contribution in [-0.4, -0.2) is 0 Å². The maximum atomic E-state index is 8.06. The molecule has 0 atom stereocenters. The van der Waals surface area contributed by atoms with Crippen LogP contribution in [-0.2, 0) is 4.57 Å². The Bertz CT molecular complexity index is 342. The fourth-order valence-corrected chi connectivity index (χ4v) is 1.99. The molecule has 0 saturated heterocycles. The summed E-state index contributed by atoms with van der Waals surface area (Å²) in [6.07, 6.45) is 0. The first-order valence-electron chi connectivity index (χ1n) is 5.00. The minimum Gasteiger partial charge on any atom is -0.279 e. The lowest BCUT2D eigenvalue weighted by Crippen LogP contribution is -1.93. The molecule has 2 aliphatic carbocycles. The van der Waals surface area contributed by atoms with Gasteiger partial charge in [0, 0.05) is 0 Å². The smallest absolute Gasteiger partial charge is 0.138 e. The molecule has 0 spiro atoms. The summed E-state index contributed by atoms with van der Waals surface area (Å²) >= 11 is 0. The van der Waals surface area contributed by atoms with Gasteiger partial charge in [0.25, 0.3) is 0 Å². The number of hydrogen-bond donors (Lipinski definition) is 0. The van der Waals surface area contributed by atoms with Gasteiger partial charge in [-0.1, -0.05) is 33.8 Å². The SMILES string of the molecule is CC(C)c1cc2cc-2c1C(C)C.O=P. The third kappa shape index (κ3) is 1.88. The Morgan fingerprint density at radius 3 is 1.93 bits per heavy atom. The molecule has 2 rings (SSSR count). The van der Waals surface area contributed by atoms with Crippen LogP contribution in [0.5, 0.6) is 0 Å². The van der Waals surface area contributed by atoms with Gasteiger partial charge in [-0.05, 0) is 40.2 Å². The van der Waals surface area contributed by atoms with Gasteiger partial charge >= 0.3 is 0 Å². The van der Waals surface area contributed by atoms with Crippen LogP contribution in [0.3, 0.4) is 0 Å². The molecule has 0 heterocycles. The van der Waals surface area contributed by atoms with Crippen LogP contribution in [0.25, 0.3) is 11.1 Å². The van der Waals surface area contributed by atoms with Gasteiger partial charge in [-0.15, -0.1) is 0 Å². The van der Waals surface area contributed by atoms with E-state index in [1.807, 2.05) is 0 Å². The predicted molar refractivity (Wildman–Crippen MR) is 62.6 cm³/mol. The number of rotatable bonds is 2. The monoisotopic (exact) mass is 208 g/mol. The molecule has 14 heavy (non-hydrogen) atoms. The second-order valence-corrected chi connectivity index (χ2v) is 4.34. The van der Waals surface area contributed by atoms with Crippen LogP contribution in [0.2, 0.25) is 0 Å². The van der Waals surface area contributed by atoms with E-state index in [2.05, 4.69) is 39.8 Å². The highest BCUT2D eigenvalue weighted by Gasteiger charge is 2.25. The highest BCUT2D eigenvalue weighted by atomic mass is 31.0. The van der Waals surface area contributed by atoms with Crippen molar-refractivity contribution in [2.75, 3.05) is 0 Å². The zero-order valence-corrected chi connectivity index (χ0v) is 10.2. The van der Waals surface area contributed by atoms with Gasteiger partial charge in [0.2, 0.25) is 0 Å². The average Bonchev–Trinajstić information content (AvgIpc) is 2.79. The summed E-state index contributed by atoms with van der Waals surface area (Å²) in [6, 6.07) is 4.65. The quantitative estimate of drug-likeness (QED) is 0.669. The van der Waals surface area contributed by atoms with Crippen molar-refractivity contribution in [3.8, 4) is 11.1 Å². The maximum Gasteiger partial charge on any atom is 0.138 e. The van der Waals surface area contributed by atoms with Gasteiger partial charge in [0.05, 0.1) is 0 Å². The van der Waals surface area contributed by atoms with Crippen LogP contribution in [0.1, 0.15) is 50.7 Å². The molecule has 0 aliphatic heterocycles. The van der Waals surface area contributed by atoms with E-state index in [0.29, 0.717) is 11.8 Å². The lowest BCUT2D eigenvalue weighted by Gasteiger charge is -2.11. The first kappa shape index (κ1) is 11.4. The topological polar surface area (TPSA) is 17.1 Å². The molecule has 0 radical (unpaired) electrons. The molecule has 2 heteroatoms. The Kier molecular flexibility index (Phi) is 3.44. The summed E-state index contributed by atoms with van der Waals surface area (Å²) in [5.41, 5.74) is 6.19. The second-order valence-electron chi connectivity index (χ2n) is 4.34. The minimum absolute atomic E-state index is 0.684. The molecule has 0 bridgehead atoms. The van der Waals surface area contributed by atoms with Gasteiger partial charge in [0.1, 0.15) is 9.12 Å². The number of hydrogen-bond acceptors (Lipinski definition) is 1. The molecule has 0 saturated carbocycles. The Labute approximate surface area is 88.2 Å². The van der Waals surface area contributed by atoms with Crippen molar-refractivity contribution in [2.24, 2.45) is 0 Å². The Balaban J connectivity index is 0.000000461. The lowest BCUT2D eigenvalue weighted by atomic mass is 9.94. The van der Waals surface area contributed by atoms with Gasteiger partial charge in [-0.25, -0.2) is 0 Å². The highest BCUT2D eigenvalue weighted by Crippen LogP contribution is 2.46. The van der Waals surface area contributed by atoms with E-state index < -0.39 is 0 Å². The van der Waals surface area contributed by atoms with E-state index in [4.69, 9.17) is 4.57 Å². The third-order valence-electron chi connectivity index (χ3n) is 2.64. The van der Waals surface area contributed by atoms with Crippen molar-refractivity contribution in [2.45, 2.75) is 39.5 Å². The highest BCUT2D eigenvalue weighted by molar-refractivity contribution is 7.00. The first-order valence-corrected chi connectivity index (χ1v) is 5.40. The van der Waals surface area contributed by atoms with Gasteiger partial charge in [-0.3, -0.25) is 4.57 Å². The van der Waals surface area contributed by atoms with Gasteiger partial charge in [0.15, 0.2) is 0 Å². The molecule has 1 nitrogen and oxygen atoms in total. The van der Waals surface area contributed by atoms with Crippen molar-refractivity contribution in [1.29, 1.82) is 0 Å². The van der Waals surface area contributed by atoms with Crippen LogP contribution in [0.4, 0.5) is 0 Å². The summed E-state index contributed by atoms with van der Waals surface area (Å²) < 4.78 is 8.06. The molecule has 0 aromatic heterocycles. The third-order valence-corrected chi connectivity index (χ3v) is 2.64. The summed E-state index contributed by atoms with van der Waals surface area (Å²) in [6.45, 7) is 9.13. The molecule has 0 fully saturated rings. The van der Waals surface area contributed by atoms with Gasteiger partial charge in [-0.2, -0.15) is 0 Å². The normalized spacial score (nSPS) is 11.3. The molecular weight excluding hydrogens is 191 g/mol. The Morgan fingerprint density at radius 1 is 1.00 bits per heavy atom. The molecule has 2 aliphatic rings. The summed E-state index contributed by atoms with van der Waals surface area (Å²) in [4.78, 5) is 0. The van der Waals surface area contributed by atoms with E-state index in [-0.39, 0.29) is 0 Å². The largest absolute Gasteiger partial charge is 0.279 e. The summed E-state index contributed by atoms with van der Waals surface area (Å²) in [5.74, 6) is 1.37. The van der Waals surface area contributed by atoms with Crippen LogP contribution in [0.15, 0.2) is 12.1 Å². The van der Waals surface area contributed by atoms with Crippen LogP contribution in [0, 0.1) is 0 Å². The summed E-state index contributed by atoms with van der Waals surface area (Å²) in [5, 5.41) is 0. The van der Waals surface area contributed by atoms with Crippen molar-refractivity contribution < 1.29 is 4.57 Å². The van der Waals surface area contributed by atoms with Crippen molar-refractivity contribution in [1.82, 2.24) is 0 Å². The molecule has 0 N–H and O–H groups in total. The fourth-order valence-electron chi connectivity index (χ4n) is 1.99. The lowest BCUT2D eigenvalue weighted by molar-refractivity contribution is 0.607. The average molecular weight is 208 g/mol. The standard InChI is InChI=1S/C12H16.HOP/c1-7(2)10-5-9-6-11(9)12(10)8(3)4;1-2/h5-8H,1-4H3;2H. The summed E-state index contributed by atoms with van der Waals surface area (Å²) in [7, 11) is 1.72. The van der Waals surface area contributed by atoms with E-state index in [9.17, 15) is 0 Å². The molecule has 0 aromatic carbocycles. The Morgan fingerprint density at radius 2 is 1.57 bits per heavy atom. The molecule has 76 valence electrons. The number of benzene rings is 1. The maximum absolute atomic E-state index is 8.06. The van der Waals surface area contributed by atoms with E-state index >= 15 is 0 Å².